The lowest BCUT2D eigenvalue weighted by Crippen LogP contribution is -2.60. The monoisotopic (exact) mass is 364 g/mol. The van der Waals surface area contributed by atoms with Gasteiger partial charge in [0.15, 0.2) is 12.4 Å². The van der Waals surface area contributed by atoms with Crippen LogP contribution in [0.4, 0.5) is 0 Å². The molecule has 0 aromatic heterocycles. The van der Waals surface area contributed by atoms with E-state index < -0.39 is 49.5 Å². The minimum Gasteiger partial charge on any atom is -0.394 e. The van der Waals surface area contributed by atoms with Crippen molar-refractivity contribution in [3.8, 4) is 23.7 Å². The molecule has 7 atom stereocenters. The topological polar surface area (TPSA) is 120 Å². The van der Waals surface area contributed by atoms with Crippen molar-refractivity contribution in [1.29, 1.82) is 0 Å². The summed E-state index contributed by atoms with van der Waals surface area (Å²) in [4.78, 5) is 0. The van der Waals surface area contributed by atoms with Crippen LogP contribution in [0.25, 0.3) is 0 Å². The number of aliphatic hydroxyl groups is 5. The van der Waals surface area contributed by atoms with Crippen molar-refractivity contribution in [3.05, 3.63) is 37.0 Å². The molecule has 0 saturated carbocycles. The molecule has 1 aliphatic heterocycles. The first kappa shape index (κ1) is 22.1. The van der Waals surface area contributed by atoms with Crippen molar-refractivity contribution in [3.63, 3.8) is 0 Å². The number of ether oxygens (including phenoxy) is 2. The molecule has 1 rings (SSSR count). The van der Waals surface area contributed by atoms with Crippen molar-refractivity contribution in [2.45, 2.75) is 49.8 Å². The highest BCUT2D eigenvalue weighted by molar-refractivity contribution is 5.32. The minimum atomic E-state index is -1.60. The lowest BCUT2D eigenvalue weighted by molar-refractivity contribution is -0.310. The normalized spacial score (nSPS) is 30.9. The molecule has 0 aliphatic carbocycles. The predicted octanol–water partition coefficient (Wildman–Crippen LogP) is -1.14. The maximum absolute atomic E-state index is 10.2. The van der Waals surface area contributed by atoms with Gasteiger partial charge in [0.1, 0.15) is 30.5 Å². The standard InChI is InChI=1S/C19H24O7/c1-3-5-7-8-9-11-14(13(21)10-6-4-2)25-19-18(24)17(23)16(22)15(12-20)26-19/h3-6,10,13-24H,2,12H2,1H3/b5-3+,10-6-/t13?,14?,15-,16-,17+,18-,19-/m1/s1. The molecule has 0 radical (unpaired) electrons. The Hall–Kier alpha value is -1.94. The molecule has 5 N–H and O–H groups in total. The Morgan fingerprint density at radius 1 is 1.19 bits per heavy atom. The first-order chi connectivity index (χ1) is 12.5. The summed E-state index contributed by atoms with van der Waals surface area (Å²) in [5.41, 5.74) is 0. The van der Waals surface area contributed by atoms with E-state index >= 15 is 0 Å². The average Bonchev–Trinajstić information content (AvgIpc) is 2.64. The van der Waals surface area contributed by atoms with Gasteiger partial charge >= 0.3 is 0 Å². The van der Waals surface area contributed by atoms with Crippen LogP contribution in [-0.2, 0) is 9.47 Å². The number of hydrogen-bond donors (Lipinski definition) is 5. The van der Waals surface area contributed by atoms with E-state index in [1.807, 2.05) is 0 Å². The van der Waals surface area contributed by atoms with Gasteiger partial charge in [-0.2, -0.15) is 0 Å². The summed E-state index contributed by atoms with van der Waals surface area (Å²) < 4.78 is 10.7. The molecule has 2 unspecified atom stereocenters. The molecule has 0 spiro atoms. The molecular weight excluding hydrogens is 340 g/mol. The van der Waals surface area contributed by atoms with Gasteiger partial charge in [-0.15, -0.1) is 0 Å². The molecule has 142 valence electrons. The molecule has 26 heavy (non-hydrogen) atoms. The van der Waals surface area contributed by atoms with Crippen molar-refractivity contribution in [2.75, 3.05) is 6.61 Å². The van der Waals surface area contributed by atoms with Crippen LogP contribution in [0.15, 0.2) is 37.0 Å². The SMILES string of the molecule is C=C/C=C\C(O)C(C#CC#C/C=C/C)O[C@@H]1O[C@H](CO)[C@@H](O)[C@H](O)[C@H]1O. The number of allylic oxidation sites excluding steroid dienone is 4. The molecule has 1 heterocycles. The molecule has 1 saturated heterocycles. The minimum absolute atomic E-state index is 0.588. The van der Waals surface area contributed by atoms with Gasteiger partial charge in [-0.25, -0.2) is 0 Å². The van der Waals surface area contributed by atoms with E-state index in [2.05, 4.69) is 30.3 Å². The third-order valence-corrected chi connectivity index (χ3v) is 3.48. The zero-order valence-electron chi connectivity index (χ0n) is 14.4. The molecule has 0 aromatic carbocycles. The van der Waals surface area contributed by atoms with Crippen LogP contribution in [0, 0.1) is 23.7 Å². The molecule has 0 bridgehead atoms. The van der Waals surface area contributed by atoms with Crippen molar-refractivity contribution in [1.82, 2.24) is 0 Å². The summed E-state index contributed by atoms with van der Waals surface area (Å²) in [5.74, 6) is 10.3. The Labute approximate surface area is 152 Å². The fourth-order valence-corrected chi connectivity index (χ4v) is 2.09. The Kier molecular flexibility index (Phi) is 9.89. The van der Waals surface area contributed by atoms with E-state index in [0.717, 1.165) is 0 Å². The van der Waals surface area contributed by atoms with Gasteiger partial charge < -0.3 is 35.0 Å². The lowest BCUT2D eigenvalue weighted by atomic mass is 9.99. The highest BCUT2D eigenvalue weighted by Gasteiger charge is 2.45. The largest absolute Gasteiger partial charge is 0.394 e. The summed E-state index contributed by atoms with van der Waals surface area (Å²) in [6.07, 6.45) is -1.93. The highest BCUT2D eigenvalue weighted by atomic mass is 16.7. The lowest BCUT2D eigenvalue weighted by Gasteiger charge is -2.40. The Balaban J connectivity index is 2.97. The maximum atomic E-state index is 10.2. The Morgan fingerprint density at radius 3 is 2.54 bits per heavy atom. The van der Waals surface area contributed by atoms with Gasteiger partial charge in [-0.1, -0.05) is 42.7 Å². The predicted molar refractivity (Wildman–Crippen MR) is 94.4 cm³/mol. The first-order valence-corrected chi connectivity index (χ1v) is 8.01. The average molecular weight is 364 g/mol. The van der Waals surface area contributed by atoms with Crippen LogP contribution >= 0.6 is 0 Å². The second kappa shape index (κ2) is 11.6. The molecular formula is C19H24O7. The van der Waals surface area contributed by atoms with Crippen LogP contribution in [0.2, 0.25) is 0 Å². The summed E-state index contributed by atoms with van der Waals surface area (Å²) >= 11 is 0. The van der Waals surface area contributed by atoms with E-state index in [1.54, 1.807) is 19.1 Å². The number of rotatable bonds is 6. The van der Waals surface area contributed by atoms with Crippen molar-refractivity contribution < 1.29 is 35.0 Å². The third kappa shape index (κ3) is 6.41. The van der Waals surface area contributed by atoms with Crippen LogP contribution in [0.5, 0.6) is 0 Å². The molecule has 7 heteroatoms. The van der Waals surface area contributed by atoms with Crippen LogP contribution in [0.1, 0.15) is 6.92 Å². The van der Waals surface area contributed by atoms with Crippen LogP contribution in [0.3, 0.4) is 0 Å². The van der Waals surface area contributed by atoms with Crippen molar-refractivity contribution in [2.24, 2.45) is 0 Å². The summed E-state index contributed by atoms with van der Waals surface area (Å²) in [7, 11) is 0. The zero-order chi connectivity index (χ0) is 19.5. The van der Waals surface area contributed by atoms with E-state index in [-0.39, 0.29) is 0 Å². The molecule has 1 fully saturated rings. The number of hydrogen-bond acceptors (Lipinski definition) is 7. The summed E-state index contributed by atoms with van der Waals surface area (Å²) in [6, 6.07) is 0. The highest BCUT2D eigenvalue weighted by Crippen LogP contribution is 2.23. The summed E-state index contributed by atoms with van der Waals surface area (Å²) in [6.45, 7) is 4.71. The van der Waals surface area contributed by atoms with Gasteiger partial charge in [0.25, 0.3) is 0 Å². The van der Waals surface area contributed by atoms with Gasteiger partial charge in [0.2, 0.25) is 0 Å². The van der Waals surface area contributed by atoms with Crippen molar-refractivity contribution >= 4 is 0 Å². The molecule has 1 aliphatic rings. The number of aliphatic hydroxyl groups excluding tert-OH is 5. The quantitative estimate of drug-likeness (QED) is 0.298. The molecule has 0 aromatic rings. The fraction of sp³-hybridized carbons (Fsp3) is 0.474. The maximum Gasteiger partial charge on any atom is 0.188 e. The molecule has 7 nitrogen and oxygen atoms in total. The zero-order valence-corrected chi connectivity index (χ0v) is 14.4. The van der Waals surface area contributed by atoms with E-state index in [1.165, 1.54) is 18.2 Å². The van der Waals surface area contributed by atoms with E-state index in [0.29, 0.717) is 0 Å². The fourth-order valence-electron chi connectivity index (χ4n) is 2.09. The van der Waals surface area contributed by atoms with Gasteiger partial charge in [-0.05, 0) is 24.8 Å². The Bertz CT molecular complexity index is 617. The van der Waals surface area contributed by atoms with Gasteiger partial charge in [0, 0.05) is 0 Å². The van der Waals surface area contributed by atoms with E-state index in [4.69, 9.17) is 9.47 Å². The van der Waals surface area contributed by atoms with E-state index in [9.17, 15) is 25.5 Å². The van der Waals surface area contributed by atoms with Crippen LogP contribution < -0.4 is 0 Å². The Morgan fingerprint density at radius 2 is 1.92 bits per heavy atom. The third-order valence-electron chi connectivity index (χ3n) is 3.48. The first-order valence-electron chi connectivity index (χ1n) is 8.01. The smallest absolute Gasteiger partial charge is 0.188 e. The second-order valence-corrected chi connectivity index (χ2v) is 5.40. The summed E-state index contributed by atoms with van der Waals surface area (Å²) in [5, 5.41) is 49.0. The van der Waals surface area contributed by atoms with Gasteiger partial charge in [0.05, 0.1) is 6.61 Å². The molecule has 0 amide bonds. The van der Waals surface area contributed by atoms with Gasteiger partial charge in [-0.3, -0.25) is 0 Å². The second-order valence-electron chi connectivity index (χ2n) is 5.40. The van der Waals surface area contributed by atoms with Crippen LogP contribution in [-0.4, -0.2) is 75.1 Å².